The van der Waals surface area contributed by atoms with Crippen LogP contribution in [0, 0.1) is 0 Å². The van der Waals surface area contributed by atoms with Crippen molar-refractivity contribution in [2.75, 3.05) is 0 Å². The summed E-state index contributed by atoms with van der Waals surface area (Å²) in [6.45, 7) is 4.53. The van der Waals surface area contributed by atoms with Crippen LogP contribution in [0.1, 0.15) is 25.0 Å². The monoisotopic (exact) mass is 608 g/mol. The normalized spacial score (nSPS) is 13.4. The standard InChI is InChI=1S/C41H28N4O2/c1-41(2)30-13-7-6-12-29(30)36-31(41)20-22-34-37(36)47-35-24-28(19-21-33(35)46-34)25-15-17-27(18-16-25)39-43-38(26-10-4-3-5-11-26)44-40(45-39)32-14-8-9-23-42-32/h3-24H,1-2H3. The summed E-state index contributed by atoms with van der Waals surface area (Å²) in [7, 11) is 0. The van der Waals surface area contributed by atoms with E-state index in [0.717, 1.165) is 39.3 Å². The molecule has 0 spiro atoms. The molecule has 47 heavy (non-hydrogen) atoms. The first-order valence-electron chi connectivity index (χ1n) is 15.6. The number of aromatic nitrogens is 4. The van der Waals surface area contributed by atoms with Crippen LogP contribution in [0.5, 0.6) is 23.0 Å². The van der Waals surface area contributed by atoms with Crippen molar-refractivity contribution in [2.45, 2.75) is 19.3 Å². The van der Waals surface area contributed by atoms with Crippen molar-refractivity contribution in [1.82, 2.24) is 19.9 Å². The van der Waals surface area contributed by atoms with Gasteiger partial charge in [0.15, 0.2) is 40.5 Å². The lowest BCUT2D eigenvalue weighted by Crippen LogP contribution is -2.15. The first kappa shape index (κ1) is 27.2. The van der Waals surface area contributed by atoms with Crippen LogP contribution >= 0.6 is 0 Å². The maximum absolute atomic E-state index is 6.68. The molecule has 1 aliphatic heterocycles. The molecule has 6 heteroatoms. The van der Waals surface area contributed by atoms with E-state index < -0.39 is 0 Å². The van der Waals surface area contributed by atoms with E-state index in [1.165, 1.54) is 16.7 Å². The van der Waals surface area contributed by atoms with Gasteiger partial charge in [-0.2, -0.15) is 0 Å². The smallest absolute Gasteiger partial charge is 0.182 e. The molecule has 0 unspecified atom stereocenters. The SMILES string of the molecule is CC1(C)c2ccccc2-c2c1ccc1c2Oc2cc(-c3ccc(-c4nc(-c5ccccc5)nc(-c5ccccn5)n4)cc3)ccc2O1. The van der Waals surface area contributed by atoms with Crippen LogP contribution in [0.25, 0.3) is 56.5 Å². The molecule has 224 valence electrons. The van der Waals surface area contributed by atoms with E-state index in [0.29, 0.717) is 34.7 Å². The van der Waals surface area contributed by atoms with E-state index >= 15 is 0 Å². The number of hydrogen-bond donors (Lipinski definition) is 0. The van der Waals surface area contributed by atoms with Gasteiger partial charge in [0.25, 0.3) is 0 Å². The average Bonchev–Trinajstić information content (AvgIpc) is 3.37. The molecule has 2 aromatic heterocycles. The summed E-state index contributed by atoms with van der Waals surface area (Å²) in [5.41, 5.74) is 9.29. The Labute approximate surface area is 272 Å². The summed E-state index contributed by atoms with van der Waals surface area (Å²) in [4.78, 5) is 18.9. The number of pyridine rings is 1. The minimum absolute atomic E-state index is 0.118. The Balaban J connectivity index is 1.06. The third-order valence-corrected chi connectivity index (χ3v) is 9.08. The van der Waals surface area contributed by atoms with Crippen molar-refractivity contribution in [3.05, 3.63) is 145 Å². The van der Waals surface area contributed by atoms with Crippen LogP contribution in [-0.4, -0.2) is 19.9 Å². The minimum Gasteiger partial charge on any atom is -0.449 e. The Morgan fingerprint density at radius 1 is 0.489 bits per heavy atom. The third kappa shape index (κ3) is 4.49. The molecular formula is C41H28N4O2. The van der Waals surface area contributed by atoms with Gasteiger partial charge < -0.3 is 9.47 Å². The number of hydrogen-bond acceptors (Lipinski definition) is 6. The molecule has 3 heterocycles. The van der Waals surface area contributed by atoms with Crippen LogP contribution in [0.15, 0.2) is 134 Å². The number of ether oxygens (including phenoxy) is 2. The Morgan fingerprint density at radius 3 is 1.94 bits per heavy atom. The molecule has 5 aromatic carbocycles. The highest BCUT2D eigenvalue weighted by atomic mass is 16.6. The van der Waals surface area contributed by atoms with E-state index in [4.69, 9.17) is 24.4 Å². The molecule has 7 aromatic rings. The van der Waals surface area contributed by atoms with Crippen molar-refractivity contribution < 1.29 is 9.47 Å². The third-order valence-electron chi connectivity index (χ3n) is 9.08. The minimum atomic E-state index is -0.118. The fourth-order valence-electron chi connectivity index (χ4n) is 6.65. The fraction of sp³-hybridized carbons (Fsp3) is 0.0732. The van der Waals surface area contributed by atoms with Gasteiger partial charge in [0.05, 0.1) is 0 Å². The van der Waals surface area contributed by atoms with Gasteiger partial charge in [0.2, 0.25) is 0 Å². The second kappa shape index (κ2) is 10.5. The lowest BCUT2D eigenvalue weighted by molar-refractivity contribution is 0.360. The van der Waals surface area contributed by atoms with Crippen LogP contribution in [0.3, 0.4) is 0 Å². The van der Waals surface area contributed by atoms with Gasteiger partial charge in [-0.15, -0.1) is 0 Å². The van der Waals surface area contributed by atoms with E-state index in [1.54, 1.807) is 6.20 Å². The first-order chi connectivity index (χ1) is 23.0. The average molecular weight is 609 g/mol. The molecule has 9 rings (SSSR count). The second-order valence-corrected chi connectivity index (χ2v) is 12.3. The summed E-state index contributed by atoms with van der Waals surface area (Å²) in [5, 5.41) is 0. The molecular weight excluding hydrogens is 580 g/mol. The van der Waals surface area contributed by atoms with E-state index in [9.17, 15) is 0 Å². The van der Waals surface area contributed by atoms with Crippen LogP contribution in [-0.2, 0) is 5.41 Å². The van der Waals surface area contributed by atoms with E-state index in [2.05, 4.69) is 67.4 Å². The molecule has 2 aliphatic rings. The molecule has 0 bridgehead atoms. The van der Waals surface area contributed by atoms with Crippen molar-refractivity contribution >= 4 is 0 Å². The Kier molecular flexibility index (Phi) is 6.05. The van der Waals surface area contributed by atoms with Crippen molar-refractivity contribution in [3.63, 3.8) is 0 Å². The Morgan fingerprint density at radius 2 is 1.15 bits per heavy atom. The molecule has 0 saturated heterocycles. The summed E-state index contributed by atoms with van der Waals surface area (Å²) in [6, 6.07) is 42.8. The van der Waals surface area contributed by atoms with Crippen molar-refractivity contribution in [1.29, 1.82) is 0 Å². The van der Waals surface area contributed by atoms with Gasteiger partial charge in [0.1, 0.15) is 5.69 Å². The summed E-state index contributed by atoms with van der Waals surface area (Å²) in [6.07, 6.45) is 1.74. The van der Waals surface area contributed by atoms with Crippen LogP contribution in [0.4, 0.5) is 0 Å². The van der Waals surface area contributed by atoms with Gasteiger partial charge in [-0.1, -0.05) is 111 Å². The summed E-state index contributed by atoms with van der Waals surface area (Å²) < 4.78 is 13.1. The van der Waals surface area contributed by atoms with Crippen LogP contribution in [0.2, 0.25) is 0 Å². The zero-order valence-corrected chi connectivity index (χ0v) is 25.8. The molecule has 0 radical (unpaired) electrons. The number of fused-ring (bicyclic) bond motifs is 6. The van der Waals surface area contributed by atoms with Gasteiger partial charge in [0, 0.05) is 28.3 Å². The molecule has 0 saturated carbocycles. The predicted octanol–water partition coefficient (Wildman–Crippen LogP) is 10.1. The molecule has 0 N–H and O–H groups in total. The quantitative estimate of drug-likeness (QED) is 0.198. The highest BCUT2D eigenvalue weighted by Gasteiger charge is 2.39. The van der Waals surface area contributed by atoms with Gasteiger partial charge in [-0.05, 0) is 58.1 Å². The maximum Gasteiger partial charge on any atom is 0.182 e. The number of rotatable bonds is 4. The highest BCUT2D eigenvalue weighted by molar-refractivity contribution is 5.88. The molecule has 6 nitrogen and oxygen atoms in total. The Bertz CT molecular complexity index is 2260. The first-order valence-corrected chi connectivity index (χ1v) is 15.6. The maximum atomic E-state index is 6.68. The van der Waals surface area contributed by atoms with Gasteiger partial charge in [-0.3, -0.25) is 4.98 Å². The van der Waals surface area contributed by atoms with E-state index in [-0.39, 0.29) is 5.41 Å². The molecule has 0 atom stereocenters. The zero-order valence-electron chi connectivity index (χ0n) is 25.8. The van der Waals surface area contributed by atoms with Gasteiger partial charge >= 0.3 is 0 Å². The lowest BCUT2D eigenvalue weighted by atomic mass is 9.82. The summed E-state index contributed by atoms with van der Waals surface area (Å²) >= 11 is 0. The zero-order chi connectivity index (χ0) is 31.5. The summed E-state index contributed by atoms with van der Waals surface area (Å²) in [5.74, 6) is 4.62. The topological polar surface area (TPSA) is 70.0 Å². The molecule has 0 amide bonds. The lowest BCUT2D eigenvalue weighted by Gasteiger charge is -2.25. The highest BCUT2D eigenvalue weighted by Crippen LogP contribution is 2.58. The second-order valence-electron chi connectivity index (χ2n) is 12.3. The van der Waals surface area contributed by atoms with Gasteiger partial charge in [-0.25, -0.2) is 15.0 Å². The number of benzene rings is 5. The largest absolute Gasteiger partial charge is 0.449 e. The number of nitrogens with zero attached hydrogens (tertiary/aromatic N) is 4. The predicted molar refractivity (Wildman–Crippen MR) is 184 cm³/mol. The fourth-order valence-corrected chi connectivity index (χ4v) is 6.65. The van der Waals surface area contributed by atoms with Crippen molar-refractivity contribution in [3.8, 4) is 79.5 Å². The van der Waals surface area contributed by atoms with Crippen LogP contribution < -0.4 is 9.47 Å². The molecule has 0 fully saturated rings. The Hall–Kier alpha value is -6.14. The van der Waals surface area contributed by atoms with E-state index in [1.807, 2.05) is 78.9 Å². The molecule has 1 aliphatic carbocycles. The van der Waals surface area contributed by atoms with Crippen molar-refractivity contribution in [2.24, 2.45) is 0 Å².